The third-order valence-corrected chi connectivity index (χ3v) is 1.88. The number of halogens is 1. The van der Waals surface area contributed by atoms with Crippen molar-refractivity contribution in [1.82, 2.24) is 10.4 Å². The molecule has 1 aromatic rings. The van der Waals surface area contributed by atoms with Crippen molar-refractivity contribution < 1.29 is 4.79 Å². The summed E-state index contributed by atoms with van der Waals surface area (Å²) in [6.07, 6.45) is 0.370. The molecule has 0 saturated carbocycles. The molecule has 0 fully saturated rings. The molecule has 0 aromatic heterocycles. The van der Waals surface area contributed by atoms with Crippen molar-refractivity contribution in [3.05, 3.63) is 34.9 Å². The van der Waals surface area contributed by atoms with E-state index in [1.165, 1.54) is 0 Å². The monoisotopic (exact) mass is 212 g/mol. The van der Waals surface area contributed by atoms with Crippen LogP contribution in [0.2, 0.25) is 5.02 Å². The van der Waals surface area contributed by atoms with Gasteiger partial charge in [-0.2, -0.15) is 0 Å². The van der Waals surface area contributed by atoms with Crippen LogP contribution < -0.4 is 5.43 Å². The highest BCUT2D eigenvalue weighted by Crippen LogP contribution is 2.09. The van der Waals surface area contributed by atoms with Gasteiger partial charge < -0.3 is 0 Å². The summed E-state index contributed by atoms with van der Waals surface area (Å²) >= 11 is 5.72. The lowest BCUT2D eigenvalue weighted by Crippen LogP contribution is -2.37. The predicted molar refractivity (Wildman–Crippen MR) is 57.0 cm³/mol. The van der Waals surface area contributed by atoms with Crippen LogP contribution in [0.5, 0.6) is 0 Å². The number of hydrazine groups is 1. The summed E-state index contributed by atoms with van der Waals surface area (Å²) in [6.45, 7) is 0. The summed E-state index contributed by atoms with van der Waals surface area (Å²) in [5.41, 5.74) is 3.62. The van der Waals surface area contributed by atoms with Crippen molar-refractivity contribution >= 4 is 17.5 Å². The minimum atomic E-state index is -0.0303. The summed E-state index contributed by atoms with van der Waals surface area (Å²) in [7, 11) is 3.56. The number of amides is 1. The topological polar surface area (TPSA) is 32.3 Å². The maximum absolute atomic E-state index is 11.3. The zero-order valence-corrected chi connectivity index (χ0v) is 9.01. The molecule has 0 unspecified atom stereocenters. The molecule has 1 amide bonds. The van der Waals surface area contributed by atoms with Gasteiger partial charge in [0.05, 0.1) is 6.42 Å². The van der Waals surface area contributed by atoms with Gasteiger partial charge in [-0.15, -0.1) is 0 Å². The summed E-state index contributed by atoms with van der Waals surface area (Å²) in [4.78, 5) is 11.3. The van der Waals surface area contributed by atoms with Crippen LogP contribution in [0.4, 0.5) is 0 Å². The molecule has 1 rings (SSSR count). The maximum atomic E-state index is 11.3. The van der Waals surface area contributed by atoms with Crippen molar-refractivity contribution in [1.29, 1.82) is 0 Å². The molecule has 3 nitrogen and oxygen atoms in total. The van der Waals surface area contributed by atoms with Crippen LogP contribution in [0.25, 0.3) is 0 Å². The van der Waals surface area contributed by atoms with Crippen molar-refractivity contribution in [2.24, 2.45) is 0 Å². The first-order chi connectivity index (χ1) is 6.58. The average molecular weight is 213 g/mol. The summed E-state index contributed by atoms with van der Waals surface area (Å²) in [6, 6.07) is 7.24. The van der Waals surface area contributed by atoms with E-state index in [4.69, 9.17) is 11.6 Å². The van der Waals surface area contributed by atoms with Crippen molar-refractivity contribution in [3.8, 4) is 0 Å². The molecule has 76 valence electrons. The van der Waals surface area contributed by atoms with Gasteiger partial charge in [-0.25, -0.2) is 5.01 Å². The summed E-state index contributed by atoms with van der Waals surface area (Å²) < 4.78 is 0. The number of benzene rings is 1. The summed E-state index contributed by atoms with van der Waals surface area (Å²) in [5.74, 6) is -0.0303. The lowest BCUT2D eigenvalue weighted by molar-refractivity contribution is -0.124. The van der Waals surface area contributed by atoms with Gasteiger partial charge in [0.2, 0.25) is 5.91 Å². The highest BCUT2D eigenvalue weighted by molar-refractivity contribution is 6.30. The number of carbonyl (C=O) groups excluding carboxylic acids is 1. The van der Waals surface area contributed by atoms with E-state index in [9.17, 15) is 4.79 Å². The number of nitrogens with zero attached hydrogens (tertiary/aromatic N) is 1. The van der Waals surface area contributed by atoms with Crippen molar-refractivity contribution in [2.75, 3.05) is 14.1 Å². The Morgan fingerprint density at radius 3 is 2.43 bits per heavy atom. The number of rotatable bonds is 3. The molecular formula is C10H13ClN2O. The zero-order valence-electron chi connectivity index (χ0n) is 8.25. The minimum absolute atomic E-state index is 0.0303. The fourth-order valence-electron chi connectivity index (χ4n) is 1.08. The third kappa shape index (κ3) is 3.77. The SMILES string of the molecule is CN(C)NC(=O)Cc1ccc(Cl)cc1. The van der Waals surface area contributed by atoms with E-state index in [-0.39, 0.29) is 5.91 Å². The molecule has 0 heterocycles. The molecule has 0 radical (unpaired) electrons. The van der Waals surface area contributed by atoms with Gasteiger partial charge in [0.1, 0.15) is 0 Å². The van der Waals surface area contributed by atoms with E-state index in [0.29, 0.717) is 11.4 Å². The number of carbonyl (C=O) groups is 1. The van der Waals surface area contributed by atoms with Crippen LogP contribution in [0, 0.1) is 0 Å². The van der Waals surface area contributed by atoms with Crippen LogP contribution >= 0.6 is 11.6 Å². The van der Waals surface area contributed by atoms with Gasteiger partial charge in [-0.1, -0.05) is 23.7 Å². The Kier molecular flexibility index (Phi) is 3.92. The highest BCUT2D eigenvalue weighted by Gasteiger charge is 2.03. The molecule has 1 N–H and O–H groups in total. The van der Waals surface area contributed by atoms with Gasteiger partial charge in [0, 0.05) is 19.1 Å². The lowest BCUT2D eigenvalue weighted by Gasteiger charge is -2.11. The van der Waals surface area contributed by atoms with E-state index in [1.54, 1.807) is 31.2 Å². The summed E-state index contributed by atoms with van der Waals surface area (Å²) in [5, 5.41) is 2.31. The molecule has 0 spiro atoms. The fourth-order valence-corrected chi connectivity index (χ4v) is 1.20. The number of hydrogen-bond donors (Lipinski definition) is 1. The van der Waals surface area contributed by atoms with E-state index < -0.39 is 0 Å². The zero-order chi connectivity index (χ0) is 10.6. The molecule has 0 aliphatic carbocycles. The second kappa shape index (κ2) is 4.98. The quantitative estimate of drug-likeness (QED) is 0.770. The first-order valence-corrected chi connectivity index (χ1v) is 4.67. The van der Waals surface area contributed by atoms with Crippen LogP contribution in [0.3, 0.4) is 0 Å². The Balaban J connectivity index is 2.52. The molecule has 0 saturated heterocycles. The van der Waals surface area contributed by atoms with Crippen LogP contribution in [0.1, 0.15) is 5.56 Å². The first-order valence-electron chi connectivity index (χ1n) is 4.29. The Bertz CT molecular complexity index is 308. The van der Waals surface area contributed by atoms with Gasteiger partial charge in [0.25, 0.3) is 0 Å². The van der Waals surface area contributed by atoms with Gasteiger partial charge in [-0.05, 0) is 17.7 Å². The number of hydrogen-bond acceptors (Lipinski definition) is 2. The highest BCUT2D eigenvalue weighted by atomic mass is 35.5. The Morgan fingerprint density at radius 1 is 1.36 bits per heavy atom. The molecule has 1 aromatic carbocycles. The molecule has 0 bridgehead atoms. The molecule has 0 aliphatic heterocycles. The van der Waals surface area contributed by atoms with E-state index in [0.717, 1.165) is 5.56 Å². The Hall–Kier alpha value is -1.06. The van der Waals surface area contributed by atoms with Gasteiger partial charge in [0.15, 0.2) is 0 Å². The van der Waals surface area contributed by atoms with E-state index in [2.05, 4.69) is 5.43 Å². The molecule has 14 heavy (non-hydrogen) atoms. The molecule has 4 heteroatoms. The van der Waals surface area contributed by atoms with E-state index >= 15 is 0 Å². The third-order valence-electron chi connectivity index (χ3n) is 1.63. The van der Waals surface area contributed by atoms with Crippen LogP contribution in [-0.4, -0.2) is 25.0 Å². The first kappa shape index (κ1) is 11.0. The smallest absolute Gasteiger partial charge is 0.238 e. The van der Waals surface area contributed by atoms with Gasteiger partial charge in [-0.3, -0.25) is 10.2 Å². The Labute approximate surface area is 88.6 Å². The molecule has 0 aliphatic rings. The average Bonchev–Trinajstić information content (AvgIpc) is 2.07. The maximum Gasteiger partial charge on any atom is 0.238 e. The molecular weight excluding hydrogens is 200 g/mol. The largest absolute Gasteiger partial charge is 0.289 e. The second-order valence-corrected chi connectivity index (χ2v) is 3.67. The normalized spacial score (nSPS) is 10.3. The van der Waals surface area contributed by atoms with Crippen molar-refractivity contribution in [2.45, 2.75) is 6.42 Å². The minimum Gasteiger partial charge on any atom is -0.289 e. The van der Waals surface area contributed by atoms with Crippen LogP contribution in [0.15, 0.2) is 24.3 Å². The standard InChI is InChI=1S/C10H13ClN2O/c1-13(2)12-10(14)7-8-3-5-9(11)6-4-8/h3-6H,7H2,1-2H3,(H,12,14). The van der Waals surface area contributed by atoms with Crippen LogP contribution in [-0.2, 0) is 11.2 Å². The second-order valence-electron chi connectivity index (χ2n) is 3.23. The van der Waals surface area contributed by atoms with Crippen molar-refractivity contribution in [3.63, 3.8) is 0 Å². The Morgan fingerprint density at radius 2 is 1.93 bits per heavy atom. The fraction of sp³-hybridized carbons (Fsp3) is 0.300. The van der Waals surface area contributed by atoms with E-state index in [1.807, 2.05) is 12.1 Å². The van der Waals surface area contributed by atoms with Gasteiger partial charge >= 0.3 is 0 Å². The molecule has 0 atom stereocenters. The lowest BCUT2D eigenvalue weighted by atomic mass is 10.1. The number of nitrogens with one attached hydrogen (secondary N) is 1. The predicted octanol–water partition coefficient (Wildman–Crippen LogP) is 1.48.